The van der Waals surface area contributed by atoms with Gasteiger partial charge in [0, 0.05) is 0 Å². The van der Waals surface area contributed by atoms with Gasteiger partial charge in [0.15, 0.2) is 0 Å². The SMILES string of the molecule is CCS(=O)(=O)Nc1cc(S(N)(=O)=O)cc(C)c1C. The van der Waals surface area contributed by atoms with Crippen LogP contribution in [0, 0.1) is 13.8 Å². The molecule has 0 aliphatic heterocycles. The molecule has 1 rings (SSSR count). The Hall–Kier alpha value is -1.12. The van der Waals surface area contributed by atoms with Crippen molar-refractivity contribution in [2.24, 2.45) is 5.14 Å². The normalized spacial score (nSPS) is 12.4. The van der Waals surface area contributed by atoms with Crippen molar-refractivity contribution >= 4 is 25.7 Å². The summed E-state index contributed by atoms with van der Waals surface area (Å²) in [6, 6.07) is 2.64. The van der Waals surface area contributed by atoms with Crippen molar-refractivity contribution in [2.45, 2.75) is 25.7 Å². The highest BCUT2D eigenvalue weighted by Crippen LogP contribution is 2.24. The molecule has 3 N–H and O–H groups in total. The Morgan fingerprint density at radius 2 is 1.72 bits per heavy atom. The molecule has 0 bridgehead atoms. The van der Waals surface area contributed by atoms with Crippen LogP contribution in [0.25, 0.3) is 0 Å². The van der Waals surface area contributed by atoms with E-state index in [1.807, 2.05) is 0 Å². The number of primary sulfonamides is 1. The minimum absolute atomic E-state index is 0.0922. The summed E-state index contributed by atoms with van der Waals surface area (Å²) >= 11 is 0. The van der Waals surface area contributed by atoms with E-state index >= 15 is 0 Å². The van der Waals surface area contributed by atoms with Crippen molar-refractivity contribution in [3.05, 3.63) is 23.3 Å². The molecule has 0 radical (unpaired) electrons. The highest BCUT2D eigenvalue weighted by atomic mass is 32.2. The molecule has 0 atom stereocenters. The smallest absolute Gasteiger partial charge is 0.238 e. The molecule has 0 aliphatic carbocycles. The average molecular weight is 292 g/mol. The number of hydrogen-bond donors (Lipinski definition) is 2. The summed E-state index contributed by atoms with van der Waals surface area (Å²) in [7, 11) is -7.32. The van der Waals surface area contributed by atoms with Crippen LogP contribution in [0.15, 0.2) is 17.0 Å². The van der Waals surface area contributed by atoms with Gasteiger partial charge in [-0.15, -0.1) is 0 Å². The number of rotatable bonds is 4. The first-order chi connectivity index (χ1) is 8.07. The zero-order valence-corrected chi connectivity index (χ0v) is 12.0. The van der Waals surface area contributed by atoms with E-state index in [0.717, 1.165) is 0 Å². The number of nitrogens with two attached hydrogens (primary N) is 1. The van der Waals surface area contributed by atoms with Gasteiger partial charge in [-0.05, 0) is 44.0 Å². The summed E-state index contributed by atoms with van der Waals surface area (Å²) in [5.74, 6) is -0.0922. The molecule has 0 amide bonds. The fraction of sp³-hybridized carbons (Fsp3) is 0.400. The molecule has 6 nitrogen and oxygen atoms in total. The minimum atomic E-state index is -3.86. The van der Waals surface area contributed by atoms with Gasteiger partial charge in [-0.25, -0.2) is 22.0 Å². The molecule has 1 aromatic rings. The third-order valence-electron chi connectivity index (χ3n) is 2.61. The Morgan fingerprint density at radius 1 is 1.17 bits per heavy atom. The van der Waals surface area contributed by atoms with E-state index in [-0.39, 0.29) is 16.3 Å². The lowest BCUT2D eigenvalue weighted by Gasteiger charge is -2.13. The van der Waals surface area contributed by atoms with E-state index in [4.69, 9.17) is 5.14 Å². The minimum Gasteiger partial charge on any atom is -0.283 e. The van der Waals surface area contributed by atoms with Crippen molar-refractivity contribution < 1.29 is 16.8 Å². The fourth-order valence-electron chi connectivity index (χ4n) is 1.34. The molecule has 0 fully saturated rings. The molecule has 102 valence electrons. The van der Waals surface area contributed by atoms with Crippen LogP contribution >= 0.6 is 0 Å². The van der Waals surface area contributed by atoms with E-state index in [0.29, 0.717) is 11.1 Å². The van der Waals surface area contributed by atoms with E-state index in [9.17, 15) is 16.8 Å². The Morgan fingerprint density at radius 3 is 2.17 bits per heavy atom. The van der Waals surface area contributed by atoms with E-state index in [1.165, 1.54) is 19.1 Å². The van der Waals surface area contributed by atoms with Gasteiger partial charge >= 0.3 is 0 Å². The molecule has 0 heterocycles. The van der Waals surface area contributed by atoms with Crippen LogP contribution in [-0.2, 0) is 20.0 Å². The van der Waals surface area contributed by atoms with Crippen LogP contribution in [0.1, 0.15) is 18.1 Å². The van der Waals surface area contributed by atoms with Crippen molar-refractivity contribution in [2.75, 3.05) is 10.5 Å². The average Bonchev–Trinajstić information content (AvgIpc) is 2.22. The second-order valence-corrected chi connectivity index (χ2v) is 7.54. The largest absolute Gasteiger partial charge is 0.283 e. The van der Waals surface area contributed by atoms with Crippen molar-refractivity contribution in [1.29, 1.82) is 0 Å². The zero-order valence-electron chi connectivity index (χ0n) is 10.4. The van der Waals surface area contributed by atoms with E-state index in [1.54, 1.807) is 13.8 Å². The number of sulfonamides is 2. The van der Waals surface area contributed by atoms with E-state index in [2.05, 4.69) is 4.72 Å². The van der Waals surface area contributed by atoms with Gasteiger partial charge in [0.1, 0.15) is 0 Å². The number of benzene rings is 1. The quantitative estimate of drug-likeness (QED) is 0.852. The number of hydrogen-bond acceptors (Lipinski definition) is 4. The summed E-state index contributed by atoms with van der Waals surface area (Å²) in [6.45, 7) is 4.89. The van der Waals surface area contributed by atoms with Crippen LogP contribution in [-0.4, -0.2) is 22.6 Å². The van der Waals surface area contributed by atoms with Crippen LogP contribution in [0.3, 0.4) is 0 Å². The summed E-state index contributed by atoms with van der Waals surface area (Å²) < 4.78 is 47.9. The predicted molar refractivity (Wildman–Crippen MR) is 70.4 cm³/mol. The lowest BCUT2D eigenvalue weighted by molar-refractivity contribution is 0.596. The van der Waals surface area contributed by atoms with E-state index < -0.39 is 20.0 Å². The number of nitrogens with one attached hydrogen (secondary N) is 1. The third-order valence-corrected chi connectivity index (χ3v) is 4.80. The van der Waals surface area contributed by atoms with Crippen LogP contribution in [0.4, 0.5) is 5.69 Å². The molecule has 18 heavy (non-hydrogen) atoms. The Kier molecular flexibility index (Phi) is 4.04. The van der Waals surface area contributed by atoms with Crippen LogP contribution in [0.2, 0.25) is 0 Å². The molecular formula is C10H16N2O4S2. The summed E-state index contributed by atoms with van der Waals surface area (Å²) in [5.41, 5.74) is 1.55. The van der Waals surface area contributed by atoms with Gasteiger partial charge in [0.05, 0.1) is 16.3 Å². The summed E-state index contributed by atoms with van der Waals surface area (Å²) in [4.78, 5) is -0.112. The van der Waals surface area contributed by atoms with Gasteiger partial charge in [-0.3, -0.25) is 4.72 Å². The fourth-order valence-corrected chi connectivity index (χ4v) is 2.65. The van der Waals surface area contributed by atoms with Crippen molar-refractivity contribution in [3.63, 3.8) is 0 Å². The highest BCUT2D eigenvalue weighted by molar-refractivity contribution is 7.92. The molecule has 0 saturated carbocycles. The predicted octanol–water partition coefficient (Wildman–Crippen LogP) is 0.712. The van der Waals surface area contributed by atoms with Gasteiger partial charge in [0.25, 0.3) is 0 Å². The molecule has 0 saturated heterocycles. The number of aryl methyl sites for hydroxylation is 1. The summed E-state index contributed by atoms with van der Waals surface area (Å²) in [5, 5.41) is 5.04. The molecule has 0 spiro atoms. The first-order valence-electron chi connectivity index (χ1n) is 5.21. The van der Waals surface area contributed by atoms with Crippen molar-refractivity contribution in [1.82, 2.24) is 0 Å². The third kappa shape index (κ3) is 3.44. The first kappa shape index (κ1) is 14.9. The van der Waals surface area contributed by atoms with Crippen LogP contribution < -0.4 is 9.86 Å². The maximum atomic E-state index is 11.5. The maximum Gasteiger partial charge on any atom is 0.238 e. The zero-order chi connectivity index (χ0) is 14.1. The molecule has 1 aromatic carbocycles. The number of anilines is 1. The van der Waals surface area contributed by atoms with Gasteiger partial charge in [0.2, 0.25) is 20.0 Å². The van der Waals surface area contributed by atoms with Crippen molar-refractivity contribution in [3.8, 4) is 0 Å². The first-order valence-corrected chi connectivity index (χ1v) is 8.41. The molecule has 0 aliphatic rings. The van der Waals surface area contributed by atoms with Gasteiger partial charge in [-0.1, -0.05) is 0 Å². The van der Waals surface area contributed by atoms with Crippen LogP contribution in [0.5, 0.6) is 0 Å². The van der Waals surface area contributed by atoms with Gasteiger partial charge in [-0.2, -0.15) is 0 Å². The molecule has 0 unspecified atom stereocenters. The summed E-state index contributed by atoms with van der Waals surface area (Å²) in [6.07, 6.45) is 0. The Labute approximate surface area is 107 Å². The second-order valence-electron chi connectivity index (χ2n) is 3.96. The Balaban J connectivity index is 3.41. The molecule has 8 heteroatoms. The second kappa shape index (κ2) is 4.87. The lowest BCUT2D eigenvalue weighted by Crippen LogP contribution is -2.17. The highest BCUT2D eigenvalue weighted by Gasteiger charge is 2.15. The molecular weight excluding hydrogens is 276 g/mol. The topological polar surface area (TPSA) is 106 Å². The lowest BCUT2D eigenvalue weighted by atomic mass is 10.1. The van der Waals surface area contributed by atoms with Gasteiger partial charge < -0.3 is 0 Å². The standard InChI is InChI=1S/C10H16N2O4S2/c1-4-17(13,14)12-10-6-9(18(11,15)16)5-7(2)8(10)3/h5-6,12H,4H2,1-3H3,(H2,11,15,16). The molecule has 0 aromatic heterocycles. The maximum absolute atomic E-state index is 11.5. The monoisotopic (exact) mass is 292 g/mol. The Bertz CT molecular complexity index is 663.